The Hall–Kier alpha value is -0.750. The van der Waals surface area contributed by atoms with E-state index in [1.807, 2.05) is 6.07 Å². The topological polar surface area (TPSA) is 77.3 Å². The Kier molecular flexibility index (Phi) is 4.04. The number of rotatable bonds is 2. The first kappa shape index (κ1) is 10.3. The number of hydrogen-bond donors (Lipinski definition) is 2. The number of nitrogens with two attached hydrogens (primary N) is 2. The lowest BCUT2D eigenvalue weighted by Crippen LogP contribution is -2.09. The maximum atomic E-state index is 5.41. The minimum atomic E-state index is 0.375. The summed E-state index contributed by atoms with van der Waals surface area (Å²) in [6, 6.07) is 1.98. The molecule has 0 aliphatic carbocycles. The largest absolute Gasteiger partial charge is 0.377 e. The van der Waals surface area contributed by atoms with Crippen molar-refractivity contribution in [2.75, 3.05) is 0 Å². The Bertz CT molecular complexity index is 315. The van der Waals surface area contributed by atoms with Crippen LogP contribution in [-0.4, -0.2) is 10.2 Å². The summed E-state index contributed by atoms with van der Waals surface area (Å²) >= 11 is 4.71. The number of hydrazone groups is 1. The zero-order chi connectivity index (χ0) is 9.68. The molecule has 0 spiro atoms. The van der Waals surface area contributed by atoms with E-state index in [9.17, 15) is 0 Å². The Labute approximate surface area is 88.9 Å². The molecule has 0 atom stereocenters. The fourth-order valence-electron chi connectivity index (χ4n) is 0.729. The predicted octanol–water partition coefficient (Wildman–Crippen LogP) is 1.27. The molecule has 0 saturated carbocycles. The van der Waals surface area contributed by atoms with Crippen LogP contribution in [0.1, 0.15) is 5.56 Å². The van der Waals surface area contributed by atoms with E-state index in [1.165, 1.54) is 11.8 Å². The molecule has 0 amide bonds. The maximum absolute atomic E-state index is 5.41. The van der Waals surface area contributed by atoms with Gasteiger partial charge in [0.1, 0.15) is 0 Å². The van der Waals surface area contributed by atoms with Crippen molar-refractivity contribution in [1.82, 2.24) is 4.98 Å². The van der Waals surface area contributed by atoms with Crippen LogP contribution in [0.4, 0.5) is 0 Å². The normalized spacial score (nSPS) is 11.6. The van der Waals surface area contributed by atoms with Crippen molar-refractivity contribution in [2.45, 2.75) is 5.75 Å². The predicted molar refractivity (Wildman–Crippen MR) is 59.0 cm³/mol. The van der Waals surface area contributed by atoms with Gasteiger partial charge in [0.15, 0.2) is 5.17 Å². The molecule has 6 heteroatoms. The van der Waals surface area contributed by atoms with E-state index in [-0.39, 0.29) is 0 Å². The number of thioether (sulfide) groups is 1. The van der Waals surface area contributed by atoms with Gasteiger partial charge < -0.3 is 11.6 Å². The molecule has 0 aliphatic rings. The fourth-order valence-corrected chi connectivity index (χ4v) is 1.69. The molecule has 0 fully saturated rings. The Morgan fingerprint density at radius 3 is 3.00 bits per heavy atom. The summed E-state index contributed by atoms with van der Waals surface area (Å²) < 4.78 is 0.953. The summed E-state index contributed by atoms with van der Waals surface area (Å²) in [7, 11) is 0. The minimum absolute atomic E-state index is 0.375. The Balaban J connectivity index is 2.55. The Morgan fingerprint density at radius 1 is 1.62 bits per heavy atom. The zero-order valence-corrected chi connectivity index (χ0v) is 9.18. The smallest absolute Gasteiger partial charge is 0.177 e. The van der Waals surface area contributed by atoms with Gasteiger partial charge in [-0.15, -0.1) is 0 Å². The van der Waals surface area contributed by atoms with Crippen molar-refractivity contribution >= 4 is 32.9 Å². The second kappa shape index (κ2) is 5.08. The van der Waals surface area contributed by atoms with Crippen LogP contribution in [0.5, 0.6) is 0 Å². The first-order valence-corrected chi connectivity index (χ1v) is 5.26. The molecule has 4 nitrogen and oxygen atoms in total. The summed E-state index contributed by atoms with van der Waals surface area (Å²) in [5.41, 5.74) is 6.49. The van der Waals surface area contributed by atoms with Gasteiger partial charge in [0.05, 0.1) is 0 Å². The average Bonchev–Trinajstić information content (AvgIpc) is 2.14. The molecular weight excluding hydrogens is 252 g/mol. The lowest BCUT2D eigenvalue weighted by atomic mass is 10.3. The number of hydrogen-bond acceptors (Lipinski definition) is 4. The third-order valence-electron chi connectivity index (χ3n) is 1.28. The van der Waals surface area contributed by atoms with Crippen molar-refractivity contribution in [3.05, 3.63) is 28.5 Å². The monoisotopic (exact) mass is 260 g/mol. The van der Waals surface area contributed by atoms with Gasteiger partial charge in [-0.1, -0.05) is 11.8 Å². The quantitative estimate of drug-likeness (QED) is 0.363. The van der Waals surface area contributed by atoms with Gasteiger partial charge in [-0.3, -0.25) is 4.98 Å². The van der Waals surface area contributed by atoms with Gasteiger partial charge in [0, 0.05) is 22.6 Å². The van der Waals surface area contributed by atoms with Crippen LogP contribution in [0.15, 0.2) is 28.0 Å². The van der Waals surface area contributed by atoms with E-state index < -0.39 is 0 Å². The van der Waals surface area contributed by atoms with Gasteiger partial charge in [-0.25, -0.2) is 0 Å². The summed E-state index contributed by atoms with van der Waals surface area (Å²) in [6.45, 7) is 0. The summed E-state index contributed by atoms with van der Waals surface area (Å²) in [6.07, 6.45) is 3.51. The minimum Gasteiger partial charge on any atom is -0.377 e. The first-order chi connectivity index (χ1) is 6.22. The summed E-state index contributed by atoms with van der Waals surface area (Å²) in [5, 5.41) is 3.73. The molecule has 13 heavy (non-hydrogen) atoms. The zero-order valence-electron chi connectivity index (χ0n) is 6.77. The summed E-state index contributed by atoms with van der Waals surface area (Å²) in [5.74, 6) is 5.70. The number of nitrogens with zero attached hydrogens (tertiary/aromatic N) is 2. The molecule has 0 unspecified atom stereocenters. The van der Waals surface area contributed by atoms with Crippen molar-refractivity contribution in [3.63, 3.8) is 0 Å². The number of pyridine rings is 1. The van der Waals surface area contributed by atoms with Crippen LogP contribution in [0.25, 0.3) is 0 Å². The standard InChI is InChI=1S/C7H9BrN4S/c8-6-1-5(2-11-3-6)4-13-7(9)12-10/h1-3H,4,10H2,(H2,9,12). The van der Waals surface area contributed by atoms with Crippen LogP contribution >= 0.6 is 27.7 Å². The highest BCUT2D eigenvalue weighted by Crippen LogP contribution is 2.15. The molecule has 1 rings (SSSR count). The van der Waals surface area contributed by atoms with E-state index in [0.717, 1.165) is 15.8 Å². The van der Waals surface area contributed by atoms with Gasteiger partial charge in [-0.05, 0) is 27.6 Å². The lowest BCUT2D eigenvalue weighted by Gasteiger charge is -1.99. The van der Waals surface area contributed by atoms with Gasteiger partial charge >= 0.3 is 0 Å². The van der Waals surface area contributed by atoms with Crippen LogP contribution in [0.2, 0.25) is 0 Å². The second-order valence-electron chi connectivity index (χ2n) is 2.27. The Morgan fingerprint density at radius 2 is 2.38 bits per heavy atom. The van der Waals surface area contributed by atoms with Crippen molar-refractivity contribution in [3.8, 4) is 0 Å². The third kappa shape index (κ3) is 3.65. The van der Waals surface area contributed by atoms with E-state index in [4.69, 9.17) is 11.6 Å². The van der Waals surface area contributed by atoms with Crippen LogP contribution in [0, 0.1) is 0 Å². The van der Waals surface area contributed by atoms with E-state index in [0.29, 0.717) is 5.17 Å². The summed E-state index contributed by atoms with van der Waals surface area (Å²) in [4.78, 5) is 4.02. The van der Waals surface area contributed by atoms with E-state index >= 15 is 0 Å². The van der Waals surface area contributed by atoms with E-state index in [2.05, 4.69) is 26.0 Å². The highest BCUT2D eigenvalue weighted by atomic mass is 79.9. The SMILES string of the molecule is N/N=C(/N)SCc1cncc(Br)c1. The molecule has 0 aliphatic heterocycles. The van der Waals surface area contributed by atoms with Crippen molar-refractivity contribution in [2.24, 2.45) is 16.7 Å². The fraction of sp³-hybridized carbons (Fsp3) is 0.143. The lowest BCUT2D eigenvalue weighted by molar-refractivity contribution is 1.23. The molecular formula is C7H9BrN4S. The molecule has 0 radical (unpaired) electrons. The number of amidine groups is 1. The molecule has 1 aromatic rings. The van der Waals surface area contributed by atoms with Gasteiger partial charge in [0.2, 0.25) is 0 Å². The first-order valence-electron chi connectivity index (χ1n) is 3.48. The molecule has 0 saturated heterocycles. The van der Waals surface area contributed by atoms with Crippen LogP contribution in [0.3, 0.4) is 0 Å². The van der Waals surface area contributed by atoms with Crippen molar-refractivity contribution in [1.29, 1.82) is 0 Å². The maximum Gasteiger partial charge on any atom is 0.177 e. The molecule has 0 bridgehead atoms. The number of halogens is 1. The van der Waals surface area contributed by atoms with Crippen molar-refractivity contribution < 1.29 is 0 Å². The third-order valence-corrected chi connectivity index (χ3v) is 2.59. The molecule has 70 valence electrons. The number of aromatic nitrogens is 1. The molecule has 4 N–H and O–H groups in total. The molecule has 1 aromatic heterocycles. The molecule has 1 heterocycles. The highest BCUT2D eigenvalue weighted by molar-refractivity contribution is 9.10. The van der Waals surface area contributed by atoms with Gasteiger partial charge in [0.25, 0.3) is 0 Å². The second-order valence-corrected chi connectivity index (χ2v) is 4.18. The van der Waals surface area contributed by atoms with Gasteiger partial charge in [-0.2, -0.15) is 5.10 Å². The highest BCUT2D eigenvalue weighted by Gasteiger charge is 1.97. The van der Waals surface area contributed by atoms with E-state index in [1.54, 1.807) is 12.4 Å². The average molecular weight is 261 g/mol. The van der Waals surface area contributed by atoms with Crippen LogP contribution in [-0.2, 0) is 5.75 Å². The van der Waals surface area contributed by atoms with Crippen LogP contribution < -0.4 is 11.6 Å². The molecule has 0 aromatic carbocycles.